The summed E-state index contributed by atoms with van der Waals surface area (Å²) >= 11 is 1.56. The molecule has 0 radical (unpaired) electrons. The van der Waals surface area contributed by atoms with Gasteiger partial charge in [0.15, 0.2) is 5.16 Å². The van der Waals surface area contributed by atoms with Gasteiger partial charge in [0.1, 0.15) is 0 Å². The predicted octanol–water partition coefficient (Wildman–Crippen LogP) is 3.90. The number of hydrogen-bond acceptors (Lipinski definition) is 4. The maximum Gasteiger partial charge on any atom is 0.262 e. The highest BCUT2D eigenvalue weighted by Gasteiger charge is 2.28. The molecule has 1 aromatic heterocycles. The third-order valence-corrected chi connectivity index (χ3v) is 5.14. The zero-order valence-corrected chi connectivity index (χ0v) is 13.8. The fourth-order valence-corrected chi connectivity index (χ4v) is 3.77. The highest BCUT2D eigenvalue weighted by Crippen LogP contribution is 2.37. The molecule has 0 aliphatic heterocycles. The Morgan fingerprint density at radius 3 is 2.83 bits per heavy atom. The number of thioether (sulfide) groups is 1. The number of benzene rings is 2. The Morgan fingerprint density at radius 1 is 1.21 bits per heavy atom. The molecule has 2 aromatic carbocycles. The quantitative estimate of drug-likeness (QED) is 0.537. The minimum absolute atomic E-state index is 0.0522. The van der Waals surface area contributed by atoms with Crippen molar-refractivity contribution < 1.29 is 0 Å². The Kier molecular flexibility index (Phi) is 3.83. The lowest BCUT2D eigenvalue weighted by Crippen LogP contribution is -2.22. The highest BCUT2D eigenvalue weighted by atomic mass is 32.2. The molecule has 1 aliphatic carbocycles. The van der Waals surface area contributed by atoms with Crippen LogP contribution in [0.1, 0.15) is 30.0 Å². The summed E-state index contributed by atoms with van der Waals surface area (Å²) in [5.74, 6) is 0.688. The Bertz CT molecular complexity index is 1020. The fourth-order valence-electron chi connectivity index (χ4n) is 2.76. The van der Waals surface area contributed by atoms with Gasteiger partial charge in [-0.1, -0.05) is 36.0 Å². The van der Waals surface area contributed by atoms with Crippen molar-refractivity contribution in [3.05, 3.63) is 70.0 Å². The van der Waals surface area contributed by atoms with Gasteiger partial charge in [-0.05, 0) is 42.7 Å². The van der Waals surface area contributed by atoms with E-state index in [2.05, 4.69) is 6.07 Å². The van der Waals surface area contributed by atoms with Crippen LogP contribution in [0.3, 0.4) is 0 Å². The van der Waals surface area contributed by atoms with Gasteiger partial charge in [0.05, 0.1) is 22.5 Å². The van der Waals surface area contributed by atoms with Gasteiger partial charge >= 0.3 is 0 Å². The summed E-state index contributed by atoms with van der Waals surface area (Å²) in [5.41, 5.74) is 2.51. The third kappa shape index (κ3) is 2.81. The second kappa shape index (κ2) is 6.14. The van der Waals surface area contributed by atoms with Crippen molar-refractivity contribution in [3.8, 4) is 6.07 Å². The summed E-state index contributed by atoms with van der Waals surface area (Å²) in [5, 5.41) is 10.5. The van der Waals surface area contributed by atoms with Crippen LogP contribution < -0.4 is 5.56 Å². The first-order chi connectivity index (χ1) is 11.8. The maximum atomic E-state index is 12.8. The smallest absolute Gasteiger partial charge is 0.262 e. The van der Waals surface area contributed by atoms with Gasteiger partial charge in [-0.2, -0.15) is 5.26 Å². The number of rotatable bonds is 4. The van der Waals surface area contributed by atoms with Gasteiger partial charge in [-0.25, -0.2) is 4.98 Å². The van der Waals surface area contributed by atoms with E-state index in [4.69, 9.17) is 10.2 Å². The van der Waals surface area contributed by atoms with Crippen molar-refractivity contribution >= 4 is 22.7 Å². The van der Waals surface area contributed by atoms with Crippen molar-refractivity contribution in [3.63, 3.8) is 0 Å². The summed E-state index contributed by atoms with van der Waals surface area (Å²) in [6, 6.07) is 17.5. The lowest BCUT2D eigenvalue weighted by molar-refractivity contribution is 0.618. The van der Waals surface area contributed by atoms with Gasteiger partial charge in [0, 0.05) is 11.8 Å². The SMILES string of the molecule is N#Cc1cccc(CSc2nc3ccccc3c(=O)n2C2CC2)c1. The number of fused-ring (bicyclic) bond motifs is 1. The van der Waals surface area contributed by atoms with Crippen LogP contribution in [0, 0.1) is 11.3 Å². The molecule has 0 atom stereocenters. The second-order valence-electron chi connectivity index (χ2n) is 5.92. The van der Waals surface area contributed by atoms with Gasteiger partial charge in [0.25, 0.3) is 5.56 Å². The first-order valence-corrected chi connectivity index (χ1v) is 8.88. The molecular weight excluding hydrogens is 318 g/mol. The van der Waals surface area contributed by atoms with E-state index in [0.29, 0.717) is 16.7 Å². The lowest BCUT2D eigenvalue weighted by atomic mass is 10.2. The molecule has 24 heavy (non-hydrogen) atoms. The Balaban J connectivity index is 1.71. The lowest BCUT2D eigenvalue weighted by Gasteiger charge is -2.12. The topological polar surface area (TPSA) is 58.7 Å². The van der Waals surface area contributed by atoms with Crippen molar-refractivity contribution in [2.75, 3.05) is 0 Å². The zero-order chi connectivity index (χ0) is 16.5. The largest absolute Gasteiger partial charge is 0.284 e. The van der Waals surface area contributed by atoms with Crippen LogP contribution in [0.5, 0.6) is 0 Å². The number of hydrogen-bond donors (Lipinski definition) is 0. The summed E-state index contributed by atoms with van der Waals surface area (Å²) < 4.78 is 1.85. The highest BCUT2D eigenvalue weighted by molar-refractivity contribution is 7.98. The van der Waals surface area contributed by atoms with Crippen molar-refractivity contribution in [2.24, 2.45) is 0 Å². The molecule has 5 heteroatoms. The van der Waals surface area contributed by atoms with Crippen LogP contribution in [0.25, 0.3) is 10.9 Å². The average Bonchev–Trinajstić information content (AvgIpc) is 3.45. The Morgan fingerprint density at radius 2 is 2.04 bits per heavy atom. The molecular formula is C19H15N3OS. The maximum absolute atomic E-state index is 12.8. The van der Waals surface area contributed by atoms with E-state index in [1.54, 1.807) is 17.8 Å². The summed E-state index contributed by atoms with van der Waals surface area (Å²) in [4.78, 5) is 17.5. The third-order valence-electron chi connectivity index (χ3n) is 4.11. The molecule has 0 N–H and O–H groups in total. The zero-order valence-electron chi connectivity index (χ0n) is 13.0. The molecule has 0 spiro atoms. The first-order valence-electron chi connectivity index (χ1n) is 7.89. The minimum atomic E-state index is 0.0522. The number of nitrogens with zero attached hydrogens (tertiary/aromatic N) is 3. The number of aromatic nitrogens is 2. The van der Waals surface area contributed by atoms with Crippen LogP contribution in [-0.2, 0) is 5.75 Å². The molecule has 1 fully saturated rings. The van der Waals surface area contributed by atoms with Gasteiger partial charge < -0.3 is 0 Å². The van der Waals surface area contributed by atoms with Gasteiger partial charge in [0.2, 0.25) is 0 Å². The van der Waals surface area contributed by atoms with Crippen molar-refractivity contribution in [1.29, 1.82) is 5.26 Å². The summed E-state index contributed by atoms with van der Waals surface area (Å²) in [7, 11) is 0. The molecule has 4 nitrogen and oxygen atoms in total. The summed E-state index contributed by atoms with van der Waals surface area (Å²) in [6.07, 6.45) is 2.08. The van der Waals surface area contributed by atoms with Crippen molar-refractivity contribution in [2.45, 2.75) is 29.8 Å². The standard InChI is InChI=1S/C19H15N3OS/c20-11-13-4-3-5-14(10-13)12-24-19-21-17-7-2-1-6-16(17)18(23)22(19)15-8-9-15/h1-7,10,15H,8-9,12H2. The summed E-state index contributed by atoms with van der Waals surface area (Å²) in [6.45, 7) is 0. The van der Waals surface area contributed by atoms with E-state index in [1.807, 2.05) is 47.0 Å². The molecule has 1 heterocycles. The second-order valence-corrected chi connectivity index (χ2v) is 6.86. The molecule has 0 saturated heterocycles. The average molecular weight is 333 g/mol. The molecule has 118 valence electrons. The number of nitriles is 1. The van der Waals surface area contributed by atoms with E-state index in [1.165, 1.54) is 0 Å². The minimum Gasteiger partial charge on any atom is -0.284 e. The van der Waals surface area contributed by atoms with Crippen LogP contribution in [-0.4, -0.2) is 9.55 Å². The van der Waals surface area contributed by atoms with Crippen LogP contribution in [0.4, 0.5) is 0 Å². The van der Waals surface area contributed by atoms with Crippen LogP contribution in [0.2, 0.25) is 0 Å². The molecule has 4 rings (SSSR count). The van der Waals surface area contributed by atoms with Crippen LogP contribution >= 0.6 is 11.8 Å². The molecule has 3 aromatic rings. The van der Waals surface area contributed by atoms with Gasteiger partial charge in [-0.3, -0.25) is 9.36 Å². The number of para-hydroxylation sites is 1. The molecule has 1 saturated carbocycles. The van der Waals surface area contributed by atoms with E-state index >= 15 is 0 Å². The Hall–Kier alpha value is -2.58. The normalized spacial score (nSPS) is 13.8. The monoisotopic (exact) mass is 333 g/mol. The Labute approximate surface area is 143 Å². The van der Waals surface area contributed by atoms with Crippen molar-refractivity contribution in [1.82, 2.24) is 9.55 Å². The van der Waals surface area contributed by atoms with E-state index in [-0.39, 0.29) is 11.6 Å². The molecule has 0 bridgehead atoms. The predicted molar refractivity (Wildman–Crippen MR) is 95.0 cm³/mol. The van der Waals surface area contributed by atoms with E-state index in [0.717, 1.165) is 29.1 Å². The van der Waals surface area contributed by atoms with E-state index < -0.39 is 0 Å². The first kappa shape index (κ1) is 15.0. The van der Waals surface area contributed by atoms with Gasteiger partial charge in [-0.15, -0.1) is 0 Å². The fraction of sp³-hybridized carbons (Fsp3) is 0.211. The van der Waals surface area contributed by atoms with Crippen LogP contribution in [0.15, 0.2) is 58.5 Å². The molecule has 0 unspecified atom stereocenters. The molecule has 1 aliphatic rings. The van der Waals surface area contributed by atoms with E-state index in [9.17, 15) is 4.79 Å². The molecule has 0 amide bonds.